The molecule has 0 atom stereocenters. The van der Waals surface area contributed by atoms with Crippen molar-refractivity contribution >= 4 is 0 Å². The van der Waals surface area contributed by atoms with E-state index in [0.717, 1.165) is 28.3 Å². The predicted octanol–water partition coefficient (Wildman–Crippen LogP) is 4.43. The van der Waals surface area contributed by atoms with Gasteiger partial charge in [-0.25, -0.2) is 4.39 Å². The summed E-state index contributed by atoms with van der Waals surface area (Å²) in [5.41, 5.74) is 4.21. The lowest BCUT2D eigenvalue weighted by molar-refractivity contribution is 0.407. The Morgan fingerprint density at radius 3 is 2.30 bits per heavy atom. The summed E-state index contributed by atoms with van der Waals surface area (Å²) in [7, 11) is 1.67. The largest absolute Gasteiger partial charge is 0.496 e. The predicted molar refractivity (Wildman–Crippen MR) is 114 cm³/mol. The Morgan fingerprint density at radius 2 is 1.53 bits per heavy atom. The van der Waals surface area contributed by atoms with Crippen LogP contribution in [0.25, 0.3) is 11.3 Å². The number of hydrogen-bond donors (Lipinski definition) is 1. The first kappa shape index (κ1) is 19.8. The molecule has 1 heterocycles. The van der Waals surface area contributed by atoms with Crippen molar-refractivity contribution in [2.45, 2.75) is 19.6 Å². The van der Waals surface area contributed by atoms with Gasteiger partial charge in [-0.1, -0.05) is 66.7 Å². The summed E-state index contributed by atoms with van der Waals surface area (Å²) in [6.07, 6.45) is 0. The lowest BCUT2D eigenvalue weighted by Gasteiger charge is -2.09. The van der Waals surface area contributed by atoms with Crippen molar-refractivity contribution in [3.05, 3.63) is 102 Å². The highest BCUT2D eigenvalue weighted by atomic mass is 19.1. The van der Waals surface area contributed by atoms with Crippen LogP contribution in [0.5, 0.6) is 5.75 Å². The molecule has 1 aromatic heterocycles. The Bertz CT molecular complexity index is 1110. The van der Waals surface area contributed by atoms with E-state index in [4.69, 9.17) is 4.74 Å². The maximum absolute atomic E-state index is 14.1. The topological polar surface area (TPSA) is 52.0 Å². The fraction of sp³-hybridized carbons (Fsp3) is 0.167. The maximum atomic E-state index is 14.1. The maximum Gasteiger partial charge on any atom is 0.128 e. The van der Waals surface area contributed by atoms with Gasteiger partial charge >= 0.3 is 0 Å². The van der Waals surface area contributed by atoms with Gasteiger partial charge in [0.1, 0.15) is 23.0 Å². The molecule has 0 spiro atoms. The molecule has 4 aromatic rings. The van der Waals surface area contributed by atoms with Crippen LogP contribution in [0, 0.1) is 5.82 Å². The number of methoxy groups -OCH3 is 1. The van der Waals surface area contributed by atoms with E-state index in [1.54, 1.807) is 24.0 Å². The zero-order valence-electron chi connectivity index (χ0n) is 16.8. The first-order valence-electron chi connectivity index (χ1n) is 9.80. The van der Waals surface area contributed by atoms with Gasteiger partial charge in [0.05, 0.1) is 13.7 Å². The van der Waals surface area contributed by atoms with Gasteiger partial charge in [-0.15, -0.1) is 0 Å². The molecular weight excluding hydrogens is 379 g/mol. The summed E-state index contributed by atoms with van der Waals surface area (Å²) in [6.45, 7) is 1.44. The second kappa shape index (κ2) is 9.33. The SMILES string of the molecule is COc1ccccc1CNCc1nn(Cc2ccccc2F)nc1-c1ccccc1. The Hall–Kier alpha value is -3.51. The number of nitrogens with zero attached hydrogens (tertiary/aromatic N) is 3. The highest BCUT2D eigenvalue weighted by molar-refractivity contribution is 5.60. The van der Waals surface area contributed by atoms with E-state index in [-0.39, 0.29) is 12.4 Å². The minimum absolute atomic E-state index is 0.257. The Morgan fingerprint density at radius 1 is 0.833 bits per heavy atom. The summed E-state index contributed by atoms with van der Waals surface area (Å²) in [5.74, 6) is 0.586. The molecule has 4 rings (SSSR count). The molecular formula is C24H23FN4O. The van der Waals surface area contributed by atoms with E-state index in [2.05, 4.69) is 15.5 Å². The zero-order chi connectivity index (χ0) is 20.8. The van der Waals surface area contributed by atoms with E-state index >= 15 is 0 Å². The normalized spacial score (nSPS) is 10.9. The van der Waals surface area contributed by atoms with Gasteiger partial charge in [0, 0.05) is 29.8 Å². The second-order valence-electron chi connectivity index (χ2n) is 6.90. The smallest absolute Gasteiger partial charge is 0.128 e. The van der Waals surface area contributed by atoms with Gasteiger partial charge in [0.2, 0.25) is 0 Å². The molecule has 0 bridgehead atoms. The molecule has 0 unspecified atom stereocenters. The molecule has 0 aliphatic rings. The number of halogens is 1. The van der Waals surface area contributed by atoms with Gasteiger partial charge in [0.15, 0.2) is 0 Å². The Labute approximate surface area is 175 Å². The average molecular weight is 402 g/mol. The van der Waals surface area contributed by atoms with Gasteiger partial charge in [0.25, 0.3) is 0 Å². The number of rotatable bonds is 8. The number of hydrogen-bond acceptors (Lipinski definition) is 4. The van der Waals surface area contributed by atoms with Gasteiger partial charge in [-0.05, 0) is 12.1 Å². The third-order valence-corrected chi connectivity index (χ3v) is 4.84. The van der Waals surface area contributed by atoms with Crippen molar-refractivity contribution in [2.75, 3.05) is 7.11 Å². The quantitative estimate of drug-likeness (QED) is 0.474. The standard InChI is InChI=1S/C24H23FN4O/c1-30-23-14-8-6-11-19(23)15-26-16-22-24(18-9-3-2-4-10-18)28-29(27-22)17-20-12-5-7-13-21(20)25/h2-14,26H,15-17H2,1H3. The highest BCUT2D eigenvalue weighted by Gasteiger charge is 2.14. The van der Waals surface area contributed by atoms with Crippen LogP contribution in [0.15, 0.2) is 78.9 Å². The Balaban J connectivity index is 1.56. The number of nitrogens with one attached hydrogen (secondary N) is 1. The summed E-state index contributed by atoms with van der Waals surface area (Å²) < 4.78 is 19.5. The van der Waals surface area contributed by atoms with Crippen LogP contribution in [0.3, 0.4) is 0 Å². The van der Waals surface area contributed by atoms with Crippen molar-refractivity contribution in [1.29, 1.82) is 0 Å². The van der Waals surface area contributed by atoms with E-state index in [9.17, 15) is 4.39 Å². The molecule has 0 saturated heterocycles. The van der Waals surface area contributed by atoms with E-state index in [0.29, 0.717) is 18.7 Å². The van der Waals surface area contributed by atoms with Crippen molar-refractivity contribution < 1.29 is 9.13 Å². The molecule has 5 nitrogen and oxygen atoms in total. The van der Waals surface area contributed by atoms with Crippen molar-refractivity contribution in [1.82, 2.24) is 20.3 Å². The molecule has 6 heteroatoms. The van der Waals surface area contributed by atoms with Crippen LogP contribution in [-0.4, -0.2) is 22.1 Å². The average Bonchev–Trinajstić information content (AvgIpc) is 3.19. The zero-order valence-corrected chi connectivity index (χ0v) is 16.8. The van der Waals surface area contributed by atoms with Crippen LogP contribution in [-0.2, 0) is 19.6 Å². The highest BCUT2D eigenvalue weighted by Crippen LogP contribution is 2.21. The van der Waals surface area contributed by atoms with E-state index in [1.165, 1.54) is 6.07 Å². The fourth-order valence-corrected chi connectivity index (χ4v) is 3.34. The summed E-state index contributed by atoms with van der Waals surface area (Å²) in [5, 5.41) is 12.7. The molecule has 0 saturated carbocycles. The third kappa shape index (κ3) is 4.55. The van der Waals surface area contributed by atoms with Crippen LogP contribution in [0.1, 0.15) is 16.8 Å². The van der Waals surface area contributed by atoms with Crippen molar-refractivity contribution in [3.63, 3.8) is 0 Å². The summed E-state index contributed by atoms with van der Waals surface area (Å²) in [6, 6.07) is 24.5. The monoisotopic (exact) mass is 402 g/mol. The molecule has 0 amide bonds. The van der Waals surface area contributed by atoms with Crippen LogP contribution in [0.2, 0.25) is 0 Å². The number of benzene rings is 3. The molecule has 0 aliphatic carbocycles. The summed E-state index contributed by atoms with van der Waals surface area (Å²) >= 11 is 0. The lowest BCUT2D eigenvalue weighted by Crippen LogP contribution is -2.15. The van der Waals surface area contributed by atoms with Crippen molar-refractivity contribution in [3.8, 4) is 17.0 Å². The second-order valence-corrected chi connectivity index (χ2v) is 6.90. The molecule has 3 aromatic carbocycles. The first-order chi connectivity index (χ1) is 14.7. The van der Waals surface area contributed by atoms with Gasteiger partial charge in [-0.2, -0.15) is 15.0 Å². The lowest BCUT2D eigenvalue weighted by atomic mass is 10.1. The van der Waals surface area contributed by atoms with E-state index < -0.39 is 0 Å². The van der Waals surface area contributed by atoms with E-state index in [1.807, 2.05) is 60.7 Å². The Kier molecular flexibility index (Phi) is 6.15. The van der Waals surface area contributed by atoms with Gasteiger partial charge in [-0.3, -0.25) is 0 Å². The molecule has 152 valence electrons. The van der Waals surface area contributed by atoms with Crippen LogP contribution >= 0.6 is 0 Å². The van der Waals surface area contributed by atoms with Crippen molar-refractivity contribution in [2.24, 2.45) is 0 Å². The molecule has 1 N–H and O–H groups in total. The van der Waals surface area contributed by atoms with Crippen LogP contribution < -0.4 is 10.1 Å². The fourth-order valence-electron chi connectivity index (χ4n) is 3.34. The number of aromatic nitrogens is 3. The molecule has 0 aliphatic heterocycles. The first-order valence-corrected chi connectivity index (χ1v) is 9.80. The summed E-state index contributed by atoms with van der Waals surface area (Å²) in [4.78, 5) is 1.56. The minimum Gasteiger partial charge on any atom is -0.496 e. The number of para-hydroxylation sites is 1. The van der Waals surface area contributed by atoms with Crippen LogP contribution in [0.4, 0.5) is 4.39 Å². The van der Waals surface area contributed by atoms with Gasteiger partial charge < -0.3 is 10.1 Å². The molecule has 0 radical (unpaired) electrons. The minimum atomic E-state index is -0.257. The molecule has 0 fully saturated rings. The third-order valence-electron chi connectivity index (χ3n) is 4.84. The molecule has 30 heavy (non-hydrogen) atoms. The number of ether oxygens (including phenoxy) is 1.